The second-order valence-electron chi connectivity index (χ2n) is 9.63. The van der Waals surface area contributed by atoms with Gasteiger partial charge in [-0.3, -0.25) is 4.79 Å². The first-order chi connectivity index (χ1) is 19.5. The molecule has 1 N–H and O–H groups in total. The van der Waals surface area contributed by atoms with Crippen molar-refractivity contribution in [3.63, 3.8) is 0 Å². The summed E-state index contributed by atoms with van der Waals surface area (Å²) in [5, 5.41) is 10.3. The summed E-state index contributed by atoms with van der Waals surface area (Å²) in [6.45, 7) is 4.16. The molecule has 214 valence electrons. The molecule has 40 heavy (non-hydrogen) atoms. The van der Waals surface area contributed by atoms with Gasteiger partial charge >= 0.3 is 0 Å². The second-order valence-corrected chi connectivity index (χ2v) is 9.63. The van der Waals surface area contributed by atoms with Gasteiger partial charge in [0.05, 0.1) is 59.0 Å². The number of phenolic OH excluding ortho intramolecular Hbond substituents is 1. The Morgan fingerprint density at radius 2 is 1.48 bits per heavy atom. The van der Waals surface area contributed by atoms with E-state index >= 15 is 0 Å². The smallest absolute Gasteiger partial charge is 0.217 e. The van der Waals surface area contributed by atoms with Gasteiger partial charge in [-0.25, -0.2) is 8.78 Å². The molecule has 2 aliphatic carbocycles. The van der Waals surface area contributed by atoms with E-state index < -0.39 is 22.8 Å². The first-order valence-corrected chi connectivity index (χ1v) is 13.4. The van der Waals surface area contributed by atoms with Crippen LogP contribution in [0, 0.1) is 17.6 Å². The molecule has 0 radical (unpaired) electrons. The molecular formula is C30H32F2O8. The van der Waals surface area contributed by atoms with E-state index in [-0.39, 0.29) is 23.4 Å². The molecule has 10 heteroatoms. The summed E-state index contributed by atoms with van der Waals surface area (Å²) in [6.07, 6.45) is 7.07. The average molecular weight is 559 g/mol. The van der Waals surface area contributed by atoms with Crippen LogP contribution in [0.5, 0.6) is 5.75 Å². The molecule has 0 spiro atoms. The summed E-state index contributed by atoms with van der Waals surface area (Å²) in [7, 11) is 0. The van der Waals surface area contributed by atoms with E-state index in [1.54, 1.807) is 0 Å². The van der Waals surface area contributed by atoms with Gasteiger partial charge in [0.2, 0.25) is 5.43 Å². The van der Waals surface area contributed by atoms with Crippen molar-refractivity contribution in [2.45, 2.75) is 18.9 Å². The van der Waals surface area contributed by atoms with E-state index in [9.17, 15) is 18.7 Å². The molecule has 2 aliphatic heterocycles. The van der Waals surface area contributed by atoms with Crippen molar-refractivity contribution in [3.8, 4) is 17.1 Å². The number of aromatic hydroxyl groups is 1. The highest BCUT2D eigenvalue weighted by molar-refractivity contribution is 6.01. The number of benzene rings is 2. The van der Waals surface area contributed by atoms with E-state index in [2.05, 4.69) is 0 Å². The number of rotatable bonds is 1. The van der Waals surface area contributed by atoms with Crippen LogP contribution in [0.15, 0.2) is 51.7 Å². The topological polar surface area (TPSA) is 96.6 Å². The Hall–Kier alpha value is -3.15. The van der Waals surface area contributed by atoms with Gasteiger partial charge in [0.15, 0.2) is 17.4 Å². The zero-order chi connectivity index (χ0) is 27.9. The van der Waals surface area contributed by atoms with E-state index in [1.807, 2.05) is 18.2 Å². The summed E-state index contributed by atoms with van der Waals surface area (Å²) in [6, 6.07) is 4.46. The summed E-state index contributed by atoms with van der Waals surface area (Å²) < 4.78 is 63.3. The molecule has 1 aromatic carbocycles. The lowest BCUT2D eigenvalue weighted by atomic mass is 9.85. The SMILES string of the molecule is O=c1cc2oc3cc(O)c(F)cc3c(C3=CC4OCCOCCOCCOCCOCCCC4C=C3)c-2cc1F. The average Bonchev–Trinajstić information content (AvgIpc) is 2.93. The number of hydrogen-bond acceptors (Lipinski definition) is 8. The Bertz CT molecular complexity index is 1400. The zero-order valence-electron chi connectivity index (χ0n) is 22.0. The van der Waals surface area contributed by atoms with Gasteiger partial charge in [0.25, 0.3) is 0 Å². The predicted octanol–water partition coefficient (Wildman–Crippen LogP) is 4.70. The molecule has 1 fully saturated rings. The maximum Gasteiger partial charge on any atom is 0.217 e. The molecule has 8 nitrogen and oxygen atoms in total. The molecule has 1 aromatic rings. The molecule has 5 rings (SSSR count). The van der Waals surface area contributed by atoms with Crippen molar-refractivity contribution < 1.29 is 42.0 Å². The van der Waals surface area contributed by atoms with Crippen LogP contribution < -0.4 is 5.43 Å². The molecule has 2 heterocycles. The van der Waals surface area contributed by atoms with Crippen LogP contribution in [0.4, 0.5) is 8.78 Å². The largest absolute Gasteiger partial charge is 0.505 e. The molecule has 0 saturated carbocycles. The molecule has 4 aliphatic rings. The van der Waals surface area contributed by atoms with Gasteiger partial charge in [-0.1, -0.05) is 12.2 Å². The Morgan fingerprint density at radius 3 is 2.20 bits per heavy atom. The highest BCUT2D eigenvalue weighted by Crippen LogP contribution is 2.41. The van der Waals surface area contributed by atoms with Crippen molar-refractivity contribution in [1.82, 2.24) is 0 Å². The normalized spacial score (nSPS) is 22.4. The van der Waals surface area contributed by atoms with Gasteiger partial charge in [-0.15, -0.1) is 0 Å². The summed E-state index contributed by atoms with van der Waals surface area (Å²) >= 11 is 0. The third kappa shape index (κ3) is 6.76. The molecule has 1 saturated heterocycles. The number of phenols is 1. The first kappa shape index (κ1) is 28.4. The molecule has 0 aromatic heterocycles. The minimum Gasteiger partial charge on any atom is -0.505 e. The zero-order valence-corrected chi connectivity index (χ0v) is 22.0. The molecular weight excluding hydrogens is 526 g/mol. The van der Waals surface area contributed by atoms with Crippen LogP contribution in [-0.4, -0.2) is 70.7 Å². The fourth-order valence-corrected chi connectivity index (χ4v) is 4.93. The number of halogens is 2. The minimum absolute atomic E-state index is 0.0301. The van der Waals surface area contributed by atoms with E-state index in [0.717, 1.165) is 37.1 Å². The first-order valence-electron chi connectivity index (χ1n) is 13.4. The van der Waals surface area contributed by atoms with Crippen LogP contribution in [0.1, 0.15) is 18.4 Å². The Kier molecular flexibility index (Phi) is 9.56. The van der Waals surface area contributed by atoms with Crippen molar-refractivity contribution in [2.24, 2.45) is 5.92 Å². The summed E-state index contributed by atoms with van der Waals surface area (Å²) in [5.74, 6) is -2.23. The van der Waals surface area contributed by atoms with E-state index in [1.165, 1.54) is 0 Å². The summed E-state index contributed by atoms with van der Waals surface area (Å²) in [4.78, 5) is 12.0. The third-order valence-corrected chi connectivity index (χ3v) is 6.90. The second kappa shape index (κ2) is 13.5. The standard InChI is InChI=1S/C30H32F2O8/c31-23-15-21-28(17-25(23)33)40-29-18-26(34)24(32)16-22(29)30(21)20-4-3-19-2-1-5-35-6-7-36-8-9-37-10-11-38-12-13-39-27(19)14-20/h3-4,14-19,27,33H,1-2,5-13H2. The maximum absolute atomic E-state index is 14.5. The Balaban J connectivity index is 1.47. The monoisotopic (exact) mass is 558 g/mol. The Labute approximate surface area is 230 Å². The van der Waals surface area contributed by atoms with Crippen molar-refractivity contribution in [1.29, 1.82) is 0 Å². The highest BCUT2D eigenvalue weighted by atomic mass is 19.1. The number of hydrogen-bond donors (Lipinski definition) is 1. The minimum atomic E-state index is -0.945. The number of ether oxygens (including phenoxy) is 5. The lowest BCUT2D eigenvalue weighted by Gasteiger charge is -2.28. The van der Waals surface area contributed by atoms with Crippen molar-refractivity contribution in [3.05, 3.63) is 69.9 Å². The number of allylic oxidation sites excluding steroid dienone is 2. The fourth-order valence-electron chi connectivity index (χ4n) is 4.93. The molecule has 0 bridgehead atoms. The van der Waals surface area contributed by atoms with Crippen LogP contribution in [0.3, 0.4) is 0 Å². The van der Waals surface area contributed by atoms with Crippen molar-refractivity contribution >= 4 is 16.5 Å². The van der Waals surface area contributed by atoms with Gasteiger partial charge in [-0.05, 0) is 36.6 Å². The molecule has 0 amide bonds. The lowest BCUT2D eigenvalue weighted by molar-refractivity contribution is -0.0257. The maximum atomic E-state index is 14.5. The van der Waals surface area contributed by atoms with Gasteiger partial charge in [0.1, 0.15) is 11.3 Å². The molecule has 2 atom stereocenters. The van der Waals surface area contributed by atoms with Crippen LogP contribution in [-0.2, 0) is 23.7 Å². The van der Waals surface area contributed by atoms with Crippen LogP contribution in [0.25, 0.3) is 27.9 Å². The molecule has 2 unspecified atom stereocenters. The highest BCUT2D eigenvalue weighted by Gasteiger charge is 2.27. The summed E-state index contributed by atoms with van der Waals surface area (Å²) in [5.41, 5.74) is 0.769. The van der Waals surface area contributed by atoms with Gasteiger partial charge < -0.3 is 33.2 Å². The van der Waals surface area contributed by atoms with Crippen molar-refractivity contribution in [2.75, 3.05) is 59.5 Å². The van der Waals surface area contributed by atoms with Crippen LogP contribution >= 0.6 is 0 Å². The third-order valence-electron chi connectivity index (χ3n) is 6.90. The van der Waals surface area contributed by atoms with Gasteiger partial charge in [0, 0.05) is 41.2 Å². The van der Waals surface area contributed by atoms with Gasteiger partial charge in [-0.2, -0.15) is 0 Å². The van der Waals surface area contributed by atoms with E-state index in [4.69, 9.17) is 28.1 Å². The lowest BCUT2D eigenvalue weighted by Crippen LogP contribution is -2.26. The fraction of sp³-hybridized carbons (Fsp3) is 0.433. The van der Waals surface area contributed by atoms with Crippen LogP contribution in [0.2, 0.25) is 0 Å². The quantitative estimate of drug-likeness (QED) is 0.430. The van der Waals surface area contributed by atoms with E-state index in [0.29, 0.717) is 81.5 Å². The predicted molar refractivity (Wildman–Crippen MR) is 144 cm³/mol. The number of fused-ring (bicyclic) bond motifs is 3. The Morgan fingerprint density at radius 1 is 0.800 bits per heavy atom.